The van der Waals surface area contributed by atoms with Crippen LogP contribution in [0.15, 0.2) is 54.6 Å². The molecule has 82 valence electrons. The van der Waals surface area contributed by atoms with Gasteiger partial charge in [-0.15, -0.1) is 0 Å². The van der Waals surface area contributed by atoms with Crippen molar-refractivity contribution in [1.29, 1.82) is 0 Å². The van der Waals surface area contributed by atoms with Crippen molar-refractivity contribution in [3.05, 3.63) is 65.7 Å². The molecular formula is C14H15NO. The summed E-state index contributed by atoms with van der Waals surface area (Å²) >= 11 is 0. The molecule has 0 radical (unpaired) electrons. The lowest BCUT2D eigenvalue weighted by molar-refractivity contribution is 0.282. The maximum absolute atomic E-state index is 8.92. The van der Waals surface area contributed by atoms with E-state index in [1.807, 2.05) is 42.5 Å². The molecule has 0 aliphatic rings. The lowest BCUT2D eigenvalue weighted by Gasteiger charge is -2.06. The molecule has 0 aromatic heterocycles. The van der Waals surface area contributed by atoms with Gasteiger partial charge in [0, 0.05) is 12.2 Å². The van der Waals surface area contributed by atoms with Crippen molar-refractivity contribution in [2.75, 3.05) is 5.32 Å². The average Bonchev–Trinajstić information content (AvgIpc) is 2.38. The fraction of sp³-hybridized carbons (Fsp3) is 0.143. The second-order valence-corrected chi connectivity index (χ2v) is 3.69. The minimum absolute atomic E-state index is 0.0962. The molecule has 0 atom stereocenters. The summed E-state index contributed by atoms with van der Waals surface area (Å²) < 4.78 is 0. The molecular weight excluding hydrogens is 198 g/mol. The van der Waals surface area contributed by atoms with E-state index in [1.54, 1.807) is 0 Å². The van der Waals surface area contributed by atoms with E-state index in [2.05, 4.69) is 17.4 Å². The highest BCUT2D eigenvalue weighted by molar-refractivity contribution is 5.45. The minimum Gasteiger partial charge on any atom is -0.392 e. The van der Waals surface area contributed by atoms with Gasteiger partial charge in [0.15, 0.2) is 0 Å². The summed E-state index contributed by atoms with van der Waals surface area (Å²) in [6.45, 7) is 0.915. The molecule has 2 rings (SSSR count). The van der Waals surface area contributed by atoms with Gasteiger partial charge in [-0.2, -0.15) is 0 Å². The molecule has 2 aromatic rings. The van der Waals surface area contributed by atoms with E-state index in [1.165, 1.54) is 5.56 Å². The first-order chi connectivity index (χ1) is 7.88. The molecule has 0 unspecified atom stereocenters. The summed E-state index contributed by atoms with van der Waals surface area (Å²) in [6.07, 6.45) is 0. The Bertz CT molecular complexity index is 422. The average molecular weight is 213 g/mol. The second-order valence-electron chi connectivity index (χ2n) is 3.69. The van der Waals surface area contributed by atoms with Gasteiger partial charge in [-0.05, 0) is 23.3 Å². The summed E-state index contributed by atoms with van der Waals surface area (Å²) in [6, 6.07) is 18.1. The van der Waals surface area contributed by atoms with Crippen LogP contribution in [0.1, 0.15) is 11.1 Å². The number of rotatable bonds is 4. The van der Waals surface area contributed by atoms with Crippen LogP contribution >= 0.6 is 0 Å². The molecule has 0 aliphatic carbocycles. The molecule has 0 spiro atoms. The number of aliphatic hydroxyl groups excluding tert-OH is 1. The van der Waals surface area contributed by atoms with Crippen LogP contribution in [0, 0.1) is 0 Å². The van der Waals surface area contributed by atoms with Gasteiger partial charge < -0.3 is 10.4 Å². The van der Waals surface area contributed by atoms with E-state index in [0.717, 1.165) is 17.8 Å². The van der Waals surface area contributed by atoms with E-state index in [4.69, 9.17) is 5.11 Å². The highest BCUT2D eigenvalue weighted by Crippen LogP contribution is 2.11. The van der Waals surface area contributed by atoms with E-state index in [0.29, 0.717) is 0 Å². The van der Waals surface area contributed by atoms with Crippen molar-refractivity contribution in [3.8, 4) is 0 Å². The Hall–Kier alpha value is -1.80. The molecule has 0 heterocycles. The number of hydrogen-bond acceptors (Lipinski definition) is 2. The van der Waals surface area contributed by atoms with Crippen LogP contribution in [0.2, 0.25) is 0 Å². The van der Waals surface area contributed by atoms with Crippen LogP contribution in [0.4, 0.5) is 5.69 Å². The van der Waals surface area contributed by atoms with E-state index in [9.17, 15) is 0 Å². The van der Waals surface area contributed by atoms with E-state index >= 15 is 0 Å². The summed E-state index contributed by atoms with van der Waals surface area (Å²) in [7, 11) is 0. The van der Waals surface area contributed by atoms with Gasteiger partial charge in [-0.1, -0.05) is 42.5 Å². The maximum atomic E-state index is 8.92. The highest BCUT2D eigenvalue weighted by atomic mass is 16.3. The molecule has 0 saturated carbocycles. The Morgan fingerprint density at radius 2 is 1.50 bits per heavy atom. The predicted octanol–water partition coefficient (Wildman–Crippen LogP) is 2.79. The number of hydrogen-bond donors (Lipinski definition) is 2. The van der Waals surface area contributed by atoms with Gasteiger partial charge in [0.05, 0.1) is 6.61 Å². The van der Waals surface area contributed by atoms with E-state index < -0.39 is 0 Å². The first kappa shape index (κ1) is 10.7. The lowest BCUT2D eigenvalue weighted by Crippen LogP contribution is -1.98. The fourth-order valence-electron chi connectivity index (χ4n) is 1.53. The van der Waals surface area contributed by atoms with Crippen molar-refractivity contribution < 1.29 is 5.11 Å². The van der Waals surface area contributed by atoms with Crippen LogP contribution in [0.25, 0.3) is 0 Å². The van der Waals surface area contributed by atoms with Gasteiger partial charge in [0.1, 0.15) is 0 Å². The van der Waals surface area contributed by atoms with Gasteiger partial charge in [-0.3, -0.25) is 0 Å². The van der Waals surface area contributed by atoms with E-state index in [-0.39, 0.29) is 6.61 Å². The van der Waals surface area contributed by atoms with Crippen molar-refractivity contribution in [3.63, 3.8) is 0 Å². The number of benzene rings is 2. The zero-order valence-corrected chi connectivity index (χ0v) is 9.06. The Labute approximate surface area is 95.6 Å². The van der Waals surface area contributed by atoms with Crippen LogP contribution in [-0.2, 0) is 13.2 Å². The van der Waals surface area contributed by atoms with Crippen LogP contribution in [0.3, 0.4) is 0 Å². The molecule has 0 bridgehead atoms. The highest BCUT2D eigenvalue weighted by Gasteiger charge is 1.94. The van der Waals surface area contributed by atoms with Crippen LogP contribution < -0.4 is 5.32 Å². The molecule has 0 aliphatic heterocycles. The van der Waals surface area contributed by atoms with Crippen molar-refractivity contribution in [2.45, 2.75) is 13.2 Å². The molecule has 16 heavy (non-hydrogen) atoms. The summed E-state index contributed by atoms with van der Waals surface area (Å²) in [5, 5.41) is 12.2. The third-order valence-electron chi connectivity index (χ3n) is 2.48. The number of aliphatic hydroxyl groups is 1. The first-order valence-electron chi connectivity index (χ1n) is 5.36. The van der Waals surface area contributed by atoms with Gasteiger partial charge in [-0.25, -0.2) is 0 Å². The Morgan fingerprint density at radius 3 is 2.12 bits per heavy atom. The Kier molecular flexibility index (Phi) is 3.57. The fourth-order valence-corrected chi connectivity index (χ4v) is 1.53. The van der Waals surface area contributed by atoms with Gasteiger partial charge in [0.25, 0.3) is 0 Å². The van der Waals surface area contributed by atoms with Crippen LogP contribution in [0.5, 0.6) is 0 Å². The third kappa shape index (κ3) is 2.84. The standard InChI is InChI=1S/C14H15NO/c16-11-13-6-8-14(9-7-13)15-10-12-4-2-1-3-5-12/h1-9,15-16H,10-11H2. The second kappa shape index (κ2) is 5.33. The smallest absolute Gasteiger partial charge is 0.0681 e. The minimum atomic E-state index is 0.0962. The molecule has 2 aromatic carbocycles. The molecule has 0 saturated heterocycles. The summed E-state index contributed by atoms with van der Waals surface area (Å²) in [4.78, 5) is 0. The maximum Gasteiger partial charge on any atom is 0.0681 e. The molecule has 0 amide bonds. The Balaban J connectivity index is 1.94. The SMILES string of the molecule is OCc1ccc(NCc2ccccc2)cc1. The van der Waals surface area contributed by atoms with Crippen molar-refractivity contribution in [2.24, 2.45) is 0 Å². The van der Waals surface area contributed by atoms with Crippen LogP contribution in [-0.4, -0.2) is 5.11 Å². The quantitative estimate of drug-likeness (QED) is 0.818. The summed E-state index contributed by atoms with van der Waals surface area (Å²) in [5.41, 5.74) is 3.26. The normalized spacial score (nSPS) is 10.1. The molecule has 2 N–H and O–H groups in total. The predicted molar refractivity (Wildman–Crippen MR) is 66.1 cm³/mol. The topological polar surface area (TPSA) is 32.3 Å². The Morgan fingerprint density at radius 1 is 0.812 bits per heavy atom. The lowest BCUT2D eigenvalue weighted by atomic mass is 10.2. The zero-order valence-electron chi connectivity index (χ0n) is 9.06. The summed E-state index contributed by atoms with van der Waals surface area (Å²) in [5.74, 6) is 0. The number of nitrogens with one attached hydrogen (secondary N) is 1. The molecule has 2 heteroatoms. The number of anilines is 1. The van der Waals surface area contributed by atoms with Gasteiger partial charge in [0.2, 0.25) is 0 Å². The first-order valence-corrected chi connectivity index (χ1v) is 5.36. The van der Waals surface area contributed by atoms with Crippen molar-refractivity contribution >= 4 is 5.69 Å². The molecule has 2 nitrogen and oxygen atoms in total. The van der Waals surface area contributed by atoms with Crippen molar-refractivity contribution in [1.82, 2.24) is 0 Å². The third-order valence-corrected chi connectivity index (χ3v) is 2.48. The molecule has 0 fully saturated rings. The van der Waals surface area contributed by atoms with Gasteiger partial charge >= 0.3 is 0 Å². The zero-order chi connectivity index (χ0) is 11.2. The largest absolute Gasteiger partial charge is 0.392 e. The monoisotopic (exact) mass is 213 g/mol.